The molecule has 0 fully saturated rings. The van der Waals surface area contributed by atoms with E-state index in [1.165, 1.54) is 12.1 Å². The van der Waals surface area contributed by atoms with Crippen LogP contribution in [0.25, 0.3) is 0 Å². The van der Waals surface area contributed by atoms with Gasteiger partial charge in [-0.25, -0.2) is 0 Å². The van der Waals surface area contributed by atoms with Crippen LogP contribution in [0.4, 0.5) is 13.2 Å². The number of rotatable bonds is 5. The molecule has 1 aromatic rings. The topological polar surface area (TPSA) is 9.23 Å². The number of halogens is 5. The smallest absolute Gasteiger partial charge is 0.416 e. The minimum atomic E-state index is -4.33. The maximum absolute atomic E-state index is 12.5. The van der Waals surface area contributed by atoms with Crippen molar-refractivity contribution >= 4 is 31.9 Å². The number of benzene rings is 1. The summed E-state index contributed by atoms with van der Waals surface area (Å²) in [6, 6.07) is 4.92. The predicted molar refractivity (Wildman–Crippen MR) is 68.1 cm³/mol. The Bertz CT molecular complexity index is 355. The van der Waals surface area contributed by atoms with E-state index < -0.39 is 11.7 Å². The molecule has 1 atom stereocenters. The molecule has 0 saturated carbocycles. The van der Waals surface area contributed by atoms with Gasteiger partial charge in [0.25, 0.3) is 0 Å². The minimum Gasteiger partial charge on any atom is -0.490 e. The number of alkyl halides is 5. The molecule has 0 unspecified atom stereocenters. The molecular formula is C11H11Br2F3O. The average molecular weight is 376 g/mol. The van der Waals surface area contributed by atoms with Crippen LogP contribution >= 0.6 is 31.9 Å². The summed E-state index contributed by atoms with van der Waals surface area (Å²) >= 11 is 6.53. The quantitative estimate of drug-likeness (QED) is 0.681. The fourth-order valence-corrected chi connectivity index (χ4v) is 2.19. The third-order valence-electron chi connectivity index (χ3n) is 2.07. The summed E-state index contributed by atoms with van der Waals surface area (Å²) in [5, 5.41) is 1.32. The van der Waals surface area contributed by atoms with Crippen molar-refractivity contribution in [2.75, 3.05) is 10.7 Å². The van der Waals surface area contributed by atoms with Gasteiger partial charge in [-0.15, -0.1) is 0 Å². The first-order valence-electron chi connectivity index (χ1n) is 4.93. The lowest BCUT2D eigenvalue weighted by atomic mass is 10.2. The zero-order valence-electron chi connectivity index (χ0n) is 8.81. The summed E-state index contributed by atoms with van der Waals surface area (Å²) in [4.78, 5) is 0. The van der Waals surface area contributed by atoms with Gasteiger partial charge in [-0.1, -0.05) is 37.9 Å². The zero-order chi connectivity index (χ0) is 12.9. The van der Waals surface area contributed by atoms with Crippen LogP contribution in [0, 0.1) is 0 Å². The van der Waals surface area contributed by atoms with Gasteiger partial charge in [0.2, 0.25) is 0 Å². The van der Waals surface area contributed by atoms with Gasteiger partial charge in [0.1, 0.15) is 11.9 Å². The predicted octanol–water partition coefficient (Wildman–Crippen LogP) is 4.63. The fraction of sp³-hybridized carbons (Fsp3) is 0.455. The van der Waals surface area contributed by atoms with Gasteiger partial charge in [0, 0.05) is 10.7 Å². The molecule has 1 aromatic carbocycles. The highest BCUT2D eigenvalue weighted by Gasteiger charge is 2.30. The second kappa shape index (κ2) is 6.64. The number of hydrogen-bond acceptors (Lipinski definition) is 1. The molecule has 6 heteroatoms. The Morgan fingerprint density at radius 3 is 2.47 bits per heavy atom. The van der Waals surface area contributed by atoms with E-state index in [9.17, 15) is 13.2 Å². The normalized spacial score (nSPS) is 13.5. The van der Waals surface area contributed by atoms with E-state index in [0.29, 0.717) is 5.33 Å². The largest absolute Gasteiger partial charge is 0.490 e. The van der Waals surface area contributed by atoms with Crippen LogP contribution in [-0.2, 0) is 6.18 Å². The van der Waals surface area contributed by atoms with Crippen LogP contribution in [0.5, 0.6) is 5.75 Å². The van der Waals surface area contributed by atoms with Gasteiger partial charge in [-0.05, 0) is 24.6 Å². The molecule has 0 saturated heterocycles. The van der Waals surface area contributed by atoms with E-state index in [0.717, 1.165) is 23.9 Å². The summed E-state index contributed by atoms with van der Waals surface area (Å²) in [5.41, 5.74) is -0.692. The second-order valence-corrected chi connectivity index (χ2v) is 4.84. The van der Waals surface area contributed by atoms with Gasteiger partial charge < -0.3 is 4.74 Å². The Labute approximate surface area is 115 Å². The number of hydrogen-bond donors (Lipinski definition) is 0. The number of ether oxygens (including phenoxy) is 1. The third kappa shape index (κ3) is 4.87. The lowest BCUT2D eigenvalue weighted by molar-refractivity contribution is -0.137. The van der Waals surface area contributed by atoms with E-state index in [-0.39, 0.29) is 11.9 Å². The second-order valence-electron chi connectivity index (χ2n) is 3.40. The van der Waals surface area contributed by atoms with E-state index in [1.54, 1.807) is 0 Å². The van der Waals surface area contributed by atoms with Crippen molar-refractivity contribution in [1.29, 1.82) is 0 Å². The molecule has 1 rings (SSSR count). The molecule has 0 heterocycles. The first-order chi connectivity index (χ1) is 7.97. The summed E-state index contributed by atoms with van der Waals surface area (Å²) in [6.45, 7) is 0. The highest BCUT2D eigenvalue weighted by atomic mass is 79.9. The monoisotopic (exact) mass is 374 g/mol. The van der Waals surface area contributed by atoms with Crippen LogP contribution in [0.1, 0.15) is 12.0 Å². The lowest BCUT2D eigenvalue weighted by Gasteiger charge is -2.16. The molecule has 0 bridgehead atoms. The molecule has 17 heavy (non-hydrogen) atoms. The third-order valence-corrected chi connectivity index (χ3v) is 3.25. The lowest BCUT2D eigenvalue weighted by Crippen LogP contribution is -2.19. The first kappa shape index (κ1) is 14.8. The summed E-state index contributed by atoms with van der Waals surface area (Å²) in [7, 11) is 0. The van der Waals surface area contributed by atoms with Crippen LogP contribution in [-0.4, -0.2) is 16.8 Å². The molecule has 0 amide bonds. The van der Waals surface area contributed by atoms with Crippen LogP contribution in [0.15, 0.2) is 24.3 Å². The van der Waals surface area contributed by atoms with Crippen molar-refractivity contribution in [3.63, 3.8) is 0 Å². The average Bonchev–Trinajstić information content (AvgIpc) is 2.28. The molecule has 0 aliphatic heterocycles. The molecular weight excluding hydrogens is 365 g/mol. The van der Waals surface area contributed by atoms with E-state index in [1.807, 2.05) is 0 Å². The Morgan fingerprint density at radius 2 is 1.94 bits per heavy atom. The van der Waals surface area contributed by atoms with E-state index >= 15 is 0 Å². The standard InChI is InChI=1S/C11H11Br2F3O/c12-5-4-10(7-13)17-9-3-1-2-8(6-9)11(14,15)16/h1-3,6,10H,4-5,7H2/t10-/m1/s1. The first-order valence-corrected chi connectivity index (χ1v) is 7.17. The van der Waals surface area contributed by atoms with Crippen LogP contribution in [0.2, 0.25) is 0 Å². The SMILES string of the molecule is FC(F)(F)c1cccc(O[C@@H](CBr)CCBr)c1. The summed E-state index contributed by atoms with van der Waals surface area (Å²) in [6.07, 6.45) is -3.75. The van der Waals surface area contributed by atoms with Crippen molar-refractivity contribution in [2.45, 2.75) is 18.7 Å². The summed E-state index contributed by atoms with van der Waals surface area (Å²) in [5.74, 6) is 0.241. The van der Waals surface area contributed by atoms with Crippen molar-refractivity contribution in [1.82, 2.24) is 0 Å². The molecule has 96 valence electrons. The highest BCUT2D eigenvalue weighted by Crippen LogP contribution is 2.31. The van der Waals surface area contributed by atoms with Gasteiger partial charge >= 0.3 is 6.18 Å². The van der Waals surface area contributed by atoms with Crippen LogP contribution < -0.4 is 4.74 Å². The van der Waals surface area contributed by atoms with Crippen molar-refractivity contribution in [3.05, 3.63) is 29.8 Å². The van der Waals surface area contributed by atoms with Crippen LogP contribution in [0.3, 0.4) is 0 Å². The molecule has 0 aliphatic rings. The van der Waals surface area contributed by atoms with Gasteiger partial charge in [-0.3, -0.25) is 0 Å². The van der Waals surface area contributed by atoms with E-state index in [4.69, 9.17) is 4.74 Å². The minimum absolute atomic E-state index is 0.141. The van der Waals surface area contributed by atoms with Crippen molar-refractivity contribution < 1.29 is 17.9 Å². The Kier molecular flexibility index (Phi) is 5.79. The maximum Gasteiger partial charge on any atom is 0.416 e. The van der Waals surface area contributed by atoms with Crippen molar-refractivity contribution in [3.8, 4) is 5.75 Å². The molecule has 0 N–H and O–H groups in total. The Morgan fingerprint density at radius 1 is 1.24 bits per heavy atom. The fourth-order valence-electron chi connectivity index (χ4n) is 1.23. The molecule has 0 aromatic heterocycles. The Balaban J connectivity index is 2.78. The van der Waals surface area contributed by atoms with Gasteiger partial charge in [-0.2, -0.15) is 13.2 Å². The maximum atomic E-state index is 12.5. The molecule has 0 aliphatic carbocycles. The van der Waals surface area contributed by atoms with Gasteiger partial charge in [0.05, 0.1) is 5.56 Å². The molecule has 0 spiro atoms. The van der Waals surface area contributed by atoms with Crippen molar-refractivity contribution in [2.24, 2.45) is 0 Å². The Hall–Kier alpha value is -0.230. The summed E-state index contributed by atoms with van der Waals surface area (Å²) < 4.78 is 42.9. The molecule has 1 nitrogen and oxygen atoms in total. The van der Waals surface area contributed by atoms with Gasteiger partial charge in [0.15, 0.2) is 0 Å². The van der Waals surface area contributed by atoms with E-state index in [2.05, 4.69) is 31.9 Å². The highest BCUT2D eigenvalue weighted by molar-refractivity contribution is 9.09. The zero-order valence-corrected chi connectivity index (χ0v) is 12.0. The molecule has 0 radical (unpaired) electrons.